The van der Waals surface area contributed by atoms with E-state index in [1.807, 2.05) is 0 Å². The number of ether oxygens (including phenoxy) is 3. The summed E-state index contributed by atoms with van der Waals surface area (Å²) in [6.07, 6.45) is 1.18. The highest BCUT2D eigenvalue weighted by Crippen LogP contribution is 2.46. The summed E-state index contributed by atoms with van der Waals surface area (Å²) in [5.74, 6) is 1.33. The normalized spacial score (nSPS) is 18.9. The molecule has 0 spiro atoms. The monoisotopic (exact) mass is 554 g/mol. The van der Waals surface area contributed by atoms with E-state index >= 15 is 0 Å². The lowest BCUT2D eigenvalue weighted by atomic mass is 9.89. The Morgan fingerprint density at radius 1 is 1.10 bits per heavy atom. The summed E-state index contributed by atoms with van der Waals surface area (Å²) in [6.45, 7) is 1.68. The molecule has 13 heteroatoms. The van der Waals surface area contributed by atoms with Crippen molar-refractivity contribution in [3.8, 4) is 40.2 Å². The highest BCUT2D eigenvalue weighted by Gasteiger charge is 2.38. The molecule has 1 atom stereocenters. The zero-order chi connectivity index (χ0) is 28.2. The third-order valence-electron chi connectivity index (χ3n) is 6.98. The highest BCUT2D eigenvalue weighted by molar-refractivity contribution is 5.67. The number of halogens is 3. The molecule has 1 N–H and O–H groups in total. The number of fused-ring (bicyclic) bond motifs is 5. The van der Waals surface area contributed by atoms with Crippen LogP contribution >= 0.6 is 0 Å². The minimum Gasteiger partial charge on any atom is -0.493 e. The van der Waals surface area contributed by atoms with Crippen LogP contribution in [0.25, 0.3) is 22.8 Å². The van der Waals surface area contributed by atoms with Gasteiger partial charge in [0.25, 0.3) is 0 Å². The van der Waals surface area contributed by atoms with E-state index in [0.29, 0.717) is 22.6 Å². The van der Waals surface area contributed by atoms with Gasteiger partial charge in [0.05, 0.1) is 19.0 Å². The number of rotatable bonds is 3. The predicted molar refractivity (Wildman–Crippen MR) is 135 cm³/mol. The van der Waals surface area contributed by atoms with Gasteiger partial charge in [0.1, 0.15) is 48.0 Å². The molecule has 40 heavy (non-hydrogen) atoms. The average Bonchev–Trinajstić information content (AvgIpc) is 3.70. The molecule has 1 saturated carbocycles. The number of hydrogen-bond donors (Lipinski definition) is 1. The van der Waals surface area contributed by atoms with Gasteiger partial charge in [0, 0.05) is 30.3 Å². The number of hydrogen-bond acceptors (Lipinski definition) is 9. The van der Waals surface area contributed by atoms with Crippen LogP contribution in [-0.2, 0) is 18.8 Å². The van der Waals surface area contributed by atoms with E-state index in [9.17, 15) is 18.3 Å². The number of nitrogens with zero attached hydrogens (tertiary/aromatic N) is 6. The summed E-state index contributed by atoms with van der Waals surface area (Å²) < 4.78 is 58.7. The summed E-state index contributed by atoms with van der Waals surface area (Å²) >= 11 is 0. The fraction of sp³-hybridized carbons (Fsp3) is 0.370. The molecule has 1 aliphatic heterocycles. The molecule has 0 saturated heterocycles. The molecule has 208 valence electrons. The maximum atomic E-state index is 13.3. The van der Waals surface area contributed by atoms with Gasteiger partial charge in [-0.3, -0.25) is 0 Å². The first-order valence-corrected chi connectivity index (χ1v) is 12.6. The first kappa shape index (κ1) is 26.0. The molecule has 10 nitrogen and oxygen atoms in total. The fourth-order valence-corrected chi connectivity index (χ4v) is 4.83. The Labute approximate surface area is 226 Å². The first-order chi connectivity index (χ1) is 19.1. The van der Waals surface area contributed by atoms with Crippen molar-refractivity contribution in [3.05, 3.63) is 59.6 Å². The second-order valence-electron chi connectivity index (χ2n) is 9.86. The molecule has 4 heterocycles. The quantitative estimate of drug-likeness (QED) is 0.396. The van der Waals surface area contributed by atoms with Gasteiger partial charge in [-0.2, -0.15) is 13.2 Å². The van der Waals surface area contributed by atoms with Crippen molar-refractivity contribution in [2.45, 2.75) is 37.5 Å². The van der Waals surface area contributed by atoms with Crippen molar-refractivity contribution in [2.24, 2.45) is 7.05 Å². The van der Waals surface area contributed by atoms with Crippen LogP contribution < -0.4 is 14.2 Å². The van der Waals surface area contributed by atoms with Crippen molar-refractivity contribution in [2.75, 3.05) is 20.3 Å². The summed E-state index contributed by atoms with van der Waals surface area (Å²) in [6, 6.07) is 4.69. The molecule has 1 aliphatic carbocycles. The van der Waals surface area contributed by atoms with Crippen molar-refractivity contribution < 1.29 is 32.5 Å². The molecule has 1 unspecified atom stereocenters. The predicted octanol–water partition coefficient (Wildman–Crippen LogP) is 4.27. The smallest absolute Gasteiger partial charge is 0.434 e. The van der Waals surface area contributed by atoms with Crippen molar-refractivity contribution in [3.63, 3.8) is 0 Å². The maximum Gasteiger partial charge on any atom is 0.434 e. The van der Waals surface area contributed by atoms with Gasteiger partial charge in [0.2, 0.25) is 5.88 Å². The standard InChI is InChI=1S/C27H25F3N6O4/c1-26(37)16-7-6-15(24-34-19(12-36(24)2)27(28,29)30)10-17(16)39-8-9-40-25-20(21(14-4-5-14)32-13-33-25)23-31-11-18(38-3)22(26)35-23/h6-7,10-14,37H,4-5,8-9H2,1-3H3. The summed E-state index contributed by atoms with van der Waals surface area (Å²) in [7, 11) is 2.92. The zero-order valence-electron chi connectivity index (χ0n) is 21.9. The van der Waals surface area contributed by atoms with Crippen LogP contribution in [-0.4, -0.2) is 54.9 Å². The molecule has 2 bridgehead atoms. The lowest BCUT2D eigenvalue weighted by molar-refractivity contribution is -0.140. The third kappa shape index (κ3) is 4.49. The number of benzene rings is 1. The summed E-state index contributed by atoms with van der Waals surface area (Å²) in [4.78, 5) is 21.8. The maximum absolute atomic E-state index is 13.3. The lowest BCUT2D eigenvalue weighted by Gasteiger charge is -2.28. The number of aryl methyl sites for hydroxylation is 1. The molecular weight excluding hydrogens is 529 g/mol. The molecule has 0 radical (unpaired) electrons. The Hall–Kier alpha value is -4.26. The Balaban J connectivity index is 1.51. The lowest BCUT2D eigenvalue weighted by Crippen LogP contribution is -2.27. The third-order valence-corrected chi connectivity index (χ3v) is 6.98. The van der Waals surface area contributed by atoms with Crippen molar-refractivity contribution in [1.82, 2.24) is 29.5 Å². The van der Waals surface area contributed by atoms with Crippen LogP contribution in [0.15, 0.2) is 36.9 Å². The fourth-order valence-electron chi connectivity index (χ4n) is 4.83. The van der Waals surface area contributed by atoms with E-state index in [-0.39, 0.29) is 48.0 Å². The summed E-state index contributed by atoms with van der Waals surface area (Å²) in [5, 5.41) is 12.0. The van der Waals surface area contributed by atoms with Crippen molar-refractivity contribution in [1.29, 1.82) is 0 Å². The molecule has 4 aromatic rings. The van der Waals surface area contributed by atoms with Gasteiger partial charge in [-0.1, -0.05) is 12.1 Å². The molecule has 0 amide bonds. The Kier molecular flexibility index (Phi) is 6.13. The van der Waals surface area contributed by atoms with E-state index in [0.717, 1.165) is 24.7 Å². The SMILES string of the molecule is COc1cnc2nc1C(C)(O)c1ccc(-c3nc(C(F)(F)F)cn3C)cc1OCCOc1ncnc(C3CC3)c1-2. The minimum atomic E-state index is -4.59. The molecule has 1 aromatic carbocycles. The molecule has 1 fully saturated rings. The van der Waals surface area contributed by atoms with Crippen LogP contribution in [0.3, 0.4) is 0 Å². The number of alkyl halides is 3. The van der Waals surface area contributed by atoms with Crippen LogP contribution in [0.2, 0.25) is 0 Å². The highest BCUT2D eigenvalue weighted by atomic mass is 19.4. The van der Waals surface area contributed by atoms with E-state index in [4.69, 9.17) is 19.2 Å². The number of methoxy groups -OCH3 is 1. The average molecular weight is 555 g/mol. The van der Waals surface area contributed by atoms with Gasteiger partial charge in [-0.15, -0.1) is 0 Å². The molecular formula is C27H25F3N6O4. The van der Waals surface area contributed by atoms with Gasteiger partial charge in [-0.25, -0.2) is 24.9 Å². The van der Waals surface area contributed by atoms with Gasteiger partial charge < -0.3 is 23.9 Å². The minimum absolute atomic E-state index is 0.0506. The van der Waals surface area contributed by atoms with Gasteiger partial charge in [-0.05, 0) is 25.8 Å². The zero-order valence-corrected chi connectivity index (χ0v) is 21.9. The van der Waals surface area contributed by atoms with E-state index in [1.165, 1.54) is 37.3 Å². The molecule has 6 rings (SSSR count). The summed E-state index contributed by atoms with van der Waals surface area (Å²) in [5.41, 5.74) is -0.603. The number of aliphatic hydroxyl groups is 1. The van der Waals surface area contributed by atoms with E-state index in [1.54, 1.807) is 19.1 Å². The van der Waals surface area contributed by atoms with E-state index < -0.39 is 17.5 Å². The Morgan fingerprint density at radius 2 is 1.88 bits per heavy atom. The van der Waals surface area contributed by atoms with Gasteiger partial charge in [0.15, 0.2) is 17.3 Å². The second-order valence-corrected chi connectivity index (χ2v) is 9.86. The second kappa shape index (κ2) is 9.44. The topological polar surface area (TPSA) is 117 Å². The van der Waals surface area contributed by atoms with Gasteiger partial charge >= 0.3 is 6.18 Å². The number of imidazole rings is 1. The van der Waals surface area contributed by atoms with E-state index in [2.05, 4.69) is 19.9 Å². The largest absolute Gasteiger partial charge is 0.493 e. The number of aromatic nitrogens is 6. The Morgan fingerprint density at radius 3 is 2.58 bits per heavy atom. The Bertz CT molecular complexity index is 1600. The van der Waals surface area contributed by atoms with Crippen LogP contribution in [0, 0.1) is 0 Å². The molecule has 2 aliphatic rings. The van der Waals surface area contributed by atoms with Crippen LogP contribution in [0.4, 0.5) is 13.2 Å². The van der Waals surface area contributed by atoms with Crippen LogP contribution in [0.5, 0.6) is 17.4 Å². The molecule has 3 aromatic heterocycles. The van der Waals surface area contributed by atoms with Crippen LogP contribution in [0.1, 0.15) is 48.3 Å². The first-order valence-electron chi connectivity index (χ1n) is 12.6. The van der Waals surface area contributed by atoms with Crippen molar-refractivity contribution >= 4 is 0 Å².